The summed E-state index contributed by atoms with van der Waals surface area (Å²) in [6.45, 7) is 0. The van der Waals surface area contributed by atoms with E-state index in [-0.39, 0.29) is 39.5 Å². The van der Waals surface area contributed by atoms with Crippen LogP contribution in [0, 0.1) is 0 Å². The van der Waals surface area contributed by atoms with Crippen LogP contribution < -0.4 is 4.35 Å². The molecule has 0 amide bonds. The van der Waals surface area contributed by atoms with E-state index in [9.17, 15) is 8.53 Å². The molecule has 0 aromatic heterocycles. The summed E-state index contributed by atoms with van der Waals surface area (Å²) >= 11 is -4.93. The van der Waals surface area contributed by atoms with E-state index in [1.807, 2.05) is 0 Å². The monoisotopic (exact) mass is 299 g/mol. The van der Waals surface area contributed by atoms with Crippen molar-refractivity contribution in [3.63, 3.8) is 0 Å². The zero-order valence-corrected chi connectivity index (χ0v) is 12.3. The van der Waals surface area contributed by atoms with Gasteiger partial charge >= 0.3 is 87.4 Å². The summed E-state index contributed by atoms with van der Waals surface area (Å²) < 4.78 is 28.3. The molecule has 0 saturated heterocycles. The number of carboxylic acid groups (broad SMARTS) is 1. The van der Waals surface area contributed by atoms with Crippen LogP contribution in [-0.4, -0.2) is 68.1 Å². The van der Waals surface area contributed by atoms with Crippen molar-refractivity contribution in [3.8, 4) is 0 Å². The van der Waals surface area contributed by atoms with E-state index in [4.69, 9.17) is 18.4 Å². The van der Waals surface area contributed by atoms with E-state index < -0.39 is 26.2 Å². The van der Waals surface area contributed by atoms with Crippen LogP contribution in [0.5, 0.6) is 0 Å². The number of aliphatic hydroxyl groups is 1. The summed E-state index contributed by atoms with van der Waals surface area (Å²) in [7, 11) is 0. The van der Waals surface area contributed by atoms with Gasteiger partial charge in [-0.1, -0.05) is 0 Å². The van der Waals surface area contributed by atoms with Gasteiger partial charge in [-0.3, -0.25) is 0 Å². The molecule has 0 bridgehead atoms. The molecule has 0 spiro atoms. The Morgan fingerprint density at radius 2 is 1.62 bits per heavy atom. The Kier molecular flexibility index (Phi) is 6.00. The number of aliphatic hydroxyl groups excluding tert-OH is 1. The molecule has 0 aliphatic carbocycles. The topological polar surface area (TPSA) is 115 Å². The first-order valence-corrected chi connectivity index (χ1v) is 7.27. The Labute approximate surface area is 116 Å². The molecule has 16 heavy (non-hydrogen) atoms. The summed E-state index contributed by atoms with van der Waals surface area (Å²) in [6, 6.07) is 4.58. The maximum absolute atomic E-state index is 10.8. The van der Waals surface area contributed by atoms with Crippen LogP contribution in [0.25, 0.3) is 0 Å². The number of carboxylic acids is 1. The van der Waals surface area contributed by atoms with Crippen molar-refractivity contribution in [1.82, 2.24) is 0 Å². The fraction of sp³-hybridized carbons (Fsp3) is 0.125. The number of hydrogen-bond acceptors (Lipinski definition) is 3. The average molecular weight is 299 g/mol. The van der Waals surface area contributed by atoms with Crippen LogP contribution in [0.1, 0.15) is 11.7 Å². The van der Waals surface area contributed by atoms with Crippen LogP contribution in [-0.2, 0) is 8.53 Å². The van der Waals surface area contributed by atoms with Gasteiger partial charge in [0, 0.05) is 29.6 Å². The summed E-state index contributed by atoms with van der Waals surface area (Å²) in [5.41, 5.74) is 0.0789. The van der Waals surface area contributed by atoms with Crippen molar-refractivity contribution >= 4 is 54.1 Å². The zero-order valence-electron chi connectivity index (χ0n) is 8.44. The molecule has 1 rings (SSSR count). The zero-order chi connectivity index (χ0) is 11.6. The number of aliphatic carboxylic acids is 1. The number of benzene rings is 1. The molecule has 83 valence electrons. The van der Waals surface area contributed by atoms with Crippen LogP contribution in [0.3, 0.4) is 0 Å². The molecule has 1 atom stereocenters. The van der Waals surface area contributed by atoms with E-state index in [2.05, 4.69) is 0 Å². The number of rotatable bonds is 3. The van der Waals surface area contributed by atoms with Gasteiger partial charge in [-0.15, -0.1) is 0 Å². The second-order valence-corrected chi connectivity index (χ2v) is 6.24. The predicted octanol–water partition coefficient (Wildman–Crippen LogP) is -2.02. The van der Waals surface area contributed by atoms with Crippen LogP contribution >= 0.6 is 0 Å². The second-order valence-electron chi connectivity index (χ2n) is 2.88. The molecule has 1 radical (unpaired) electrons. The van der Waals surface area contributed by atoms with Gasteiger partial charge in [-0.05, 0) is 0 Å². The van der Waals surface area contributed by atoms with E-state index in [0.29, 0.717) is 0 Å². The molecule has 1 aromatic carbocycles. The normalized spacial score (nSPS) is 12.7. The fourth-order valence-electron chi connectivity index (χ4n) is 0.993. The standard InChI is InChI=1S/C8H9AsO6.Na/c10-7(8(11)12)5-1-3-6(4-2-5)9(13,14)15;/h1-4,7,10H,(H,11,12)(H2,13,14,15);. The smallest absolute Gasteiger partial charge is 0 e. The van der Waals surface area contributed by atoms with Crippen molar-refractivity contribution in [2.45, 2.75) is 6.10 Å². The third kappa shape index (κ3) is 4.07. The van der Waals surface area contributed by atoms with Gasteiger partial charge in [0.05, 0.1) is 0 Å². The molecule has 0 heterocycles. The Bertz CT molecular complexity index is 411. The van der Waals surface area contributed by atoms with Gasteiger partial charge in [0.2, 0.25) is 0 Å². The molecule has 0 aliphatic heterocycles. The first-order valence-electron chi connectivity index (χ1n) is 3.89. The quantitative estimate of drug-likeness (QED) is 0.479. The van der Waals surface area contributed by atoms with Gasteiger partial charge < -0.3 is 0 Å². The Morgan fingerprint density at radius 1 is 1.19 bits per heavy atom. The predicted molar refractivity (Wildman–Crippen MR) is 55.3 cm³/mol. The van der Waals surface area contributed by atoms with Gasteiger partial charge in [0.15, 0.2) is 0 Å². The number of carbonyl (C=O) groups is 1. The van der Waals surface area contributed by atoms with Crippen molar-refractivity contribution in [3.05, 3.63) is 29.8 Å². The molecular weight excluding hydrogens is 290 g/mol. The van der Waals surface area contributed by atoms with Crippen LogP contribution in [0.2, 0.25) is 0 Å². The molecule has 0 fully saturated rings. The minimum atomic E-state index is -4.93. The second kappa shape index (κ2) is 6.02. The molecule has 0 saturated carbocycles. The van der Waals surface area contributed by atoms with Crippen molar-refractivity contribution in [2.24, 2.45) is 0 Å². The third-order valence-corrected chi connectivity index (χ3v) is 3.82. The molecule has 4 N–H and O–H groups in total. The van der Waals surface area contributed by atoms with E-state index >= 15 is 0 Å². The molecular formula is C8H9AsNaO6. The average Bonchev–Trinajstić information content (AvgIpc) is 2.15. The van der Waals surface area contributed by atoms with E-state index in [0.717, 1.165) is 12.1 Å². The van der Waals surface area contributed by atoms with E-state index in [1.54, 1.807) is 0 Å². The minimum Gasteiger partial charge on any atom is 0 e. The Balaban J connectivity index is 0.00000225. The Hall–Kier alpha value is -0.0716. The van der Waals surface area contributed by atoms with Crippen LogP contribution in [0.4, 0.5) is 0 Å². The van der Waals surface area contributed by atoms with Crippen LogP contribution in [0.15, 0.2) is 24.3 Å². The Morgan fingerprint density at radius 3 is 1.94 bits per heavy atom. The molecule has 1 aromatic rings. The number of hydrogen-bond donors (Lipinski definition) is 4. The van der Waals surface area contributed by atoms with Crippen molar-refractivity contribution in [1.29, 1.82) is 0 Å². The molecule has 8 heteroatoms. The van der Waals surface area contributed by atoms with Gasteiger partial charge in [-0.25, -0.2) is 0 Å². The first-order chi connectivity index (χ1) is 6.82. The van der Waals surface area contributed by atoms with Gasteiger partial charge in [-0.2, -0.15) is 0 Å². The minimum absolute atomic E-state index is 0. The van der Waals surface area contributed by atoms with Crippen molar-refractivity contribution in [2.75, 3.05) is 0 Å². The third-order valence-electron chi connectivity index (χ3n) is 1.78. The summed E-state index contributed by atoms with van der Waals surface area (Å²) in [6.07, 6.45) is -1.68. The summed E-state index contributed by atoms with van der Waals surface area (Å²) in [5, 5.41) is 17.6. The maximum atomic E-state index is 10.8. The van der Waals surface area contributed by atoms with E-state index in [1.165, 1.54) is 12.1 Å². The molecule has 6 nitrogen and oxygen atoms in total. The summed E-state index contributed by atoms with van der Waals surface area (Å²) in [5.74, 6) is -1.41. The fourth-order valence-corrected chi connectivity index (χ4v) is 2.12. The molecule has 0 aliphatic rings. The van der Waals surface area contributed by atoms with Crippen molar-refractivity contribution < 1.29 is 26.9 Å². The first kappa shape index (κ1) is 15.9. The largest absolute Gasteiger partial charge is 0 e. The van der Waals surface area contributed by atoms with Gasteiger partial charge in [0.1, 0.15) is 0 Å². The van der Waals surface area contributed by atoms with Gasteiger partial charge in [0.25, 0.3) is 0 Å². The summed E-state index contributed by atoms with van der Waals surface area (Å²) in [4.78, 5) is 10.4. The maximum Gasteiger partial charge on any atom is 0 e. The molecule has 1 unspecified atom stereocenters. The SMILES string of the molecule is O=C(O)C(O)c1ccc([As](=O)(O)O)cc1.[Na].